The molecule has 0 spiro atoms. The van der Waals surface area contributed by atoms with Gasteiger partial charge in [0.1, 0.15) is 0 Å². The van der Waals surface area contributed by atoms with Crippen LogP contribution in [0, 0.1) is 0 Å². The number of carbonyl (C=O) groups excluding carboxylic acids is 1. The third-order valence-corrected chi connectivity index (χ3v) is 5.57. The molecule has 1 heterocycles. The summed E-state index contributed by atoms with van der Waals surface area (Å²) in [5.41, 5.74) is 0.865. The zero-order valence-corrected chi connectivity index (χ0v) is 13.4. The number of hydrogen-bond acceptors (Lipinski definition) is 5. The van der Waals surface area contributed by atoms with Crippen LogP contribution in [-0.4, -0.2) is 38.5 Å². The molecule has 8 heteroatoms. The molecule has 1 aliphatic rings. The molecule has 116 valence electrons. The second kappa shape index (κ2) is 7.26. The first-order chi connectivity index (χ1) is 10.0. The lowest BCUT2D eigenvalue weighted by Crippen LogP contribution is -2.41. The number of nitrogens with one attached hydrogen (secondary N) is 3. The Morgan fingerprint density at radius 1 is 1.38 bits per heavy atom. The molecule has 0 radical (unpaired) electrons. The Labute approximate surface area is 129 Å². The van der Waals surface area contributed by atoms with Gasteiger partial charge in [0.05, 0.1) is 10.9 Å². The lowest BCUT2D eigenvalue weighted by molar-refractivity contribution is -0.122. The highest BCUT2D eigenvalue weighted by molar-refractivity contribution is 7.99. The van der Waals surface area contributed by atoms with E-state index in [4.69, 9.17) is 0 Å². The number of sulfonamides is 1. The fraction of sp³-hybridized carbons (Fsp3) is 0.462. The van der Waals surface area contributed by atoms with Crippen molar-refractivity contribution in [3.8, 4) is 0 Å². The van der Waals surface area contributed by atoms with Gasteiger partial charge in [-0.25, -0.2) is 13.1 Å². The summed E-state index contributed by atoms with van der Waals surface area (Å²) in [5.74, 6) is 1.56. The zero-order chi connectivity index (χ0) is 15.3. The summed E-state index contributed by atoms with van der Waals surface area (Å²) in [6, 6.07) is 6.37. The van der Waals surface area contributed by atoms with Gasteiger partial charge in [-0.2, -0.15) is 0 Å². The van der Waals surface area contributed by atoms with Gasteiger partial charge in [-0.15, -0.1) is 11.8 Å². The molecule has 1 saturated heterocycles. The molecule has 21 heavy (non-hydrogen) atoms. The average Bonchev–Trinajstić information content (AvgIpc) is 2.99. The van der Waals surface area contributed by atoms with Crippen molar-refractivity contribution in [3.63, 3.8) is 0 Å². The van der Waals surface area contributed by atoms with Crippen LogP contribution in [0.25, 0.3) is 0 Å². The number of rotatable bonds is 6. The van der Waals surface area contributed by atoms with E-state index in [1.165, 1.54) is 0 Å². The van der Waals surface area contributed by atoms with E-state index in [-0.39, 0.29) is 16.8 Å². The standard InChI is InChI=1S/C13H19N3O3S2/c1-2-16-21(18,19)11-5-3-10(4-6-11)7-14-13(17)12-8-20-9-15-12/h3-6,12,15-16H,2,7-9H2,1H3,(H,14,17). The summed E-state index contributed by atoms with van der Waals surface area (Å²) in [6.45, 7) is 2.48. The molecule has 1 aromatic carbocycles. The van der Waals surface area contributed by atoms with Gasteiger partial charge < -0.3 is 5.32 Å². The van der Waals surface area contributed by atoms with Crippen LogP contribution in [0.5, 0.6) is 0 Å². The smallest absolute Gasteiger partial charge is 0.240 e. The Bertz CT molecular complexity index is 581. The molecule has 6 nitrogen and oxygen atoms in total. The Balaban J connectivity index is 1.92. The van der Waals surface area contributed by atoms with E-state index in [0.29, 0.717) is 13.1 Å². The van der Waals surface area contributed by atoms with Crippen LogP contribution in [-0.2, 0) is 21.4 Å². The minimum atomic E-state index is -3.42. The quantitative estimate of drug-likeness (QED) is 0.697. The summed E-state index contributed by atoms with van der Waals surface area (Å²) >= 11 is 1.70. The molecule has 3 N–H and O–H groups in total. The second-order valence-corrected chi connectivity index (χ2v) is 7.43. The van der Waals surface area contributed by atoms with E-state index < -0.39 is 10.0 Å². The van der Waals surface area contributed by atoms with Crippen LogP contribution < -0.4 is 15.4 Å². The predicted molar refractivity (Wildman–Crippen MR) is 83.4 cm³/mol. The van der Waals surface area contributed by atoms with E-state index in [1.54, 1.807) is 43.0 Å². The molecule has 2 rings (SSSR count). The number of amides is 1. The van der Waals surface area contributed by atoms with Crippen molar-refractivity contribution in [2.75, 3.05) is 18.2 Å². The molecule has 0 saturated carbocycles. The van der Waals surface area contributed by atoms with Crippen molar-refractivity contribution in [2.45, 2.75) is 24.4 Å². The van der Waals surface area contributed by atoms with E-state index in [0.717, 1.165) is 17.2 Å². The van der Waals surface area contributed by atoms with Gasteiger partial charge in [0.25, 0.3) is 0 Å². The molecule has 1 aromatic rings. The van der Waals surface area contributed by atoms with E-state index in [1.807, 2.05) is 0 Å². The van der Waals surface area contributed by atoms with Crippen molar-refractivity contribution in [2.24, 2.45) is 0 Å². The van der Waals surface area contributed by atoms with Gasteiger partial charge in [0.15, 0.2) is 0 Å². The van der Waals surface area contributed by atoms with Gasteiger partial charge in [0.2, 0.25) is 15.9 Å². The molecule has 1 amide bonds. The Morgan fingerprint density at radius 3 is 2.67 bits per heavy atom. The van der Waals surface area contributed by atoms with Crippen molar-refractivity contribution in [3.05, 3.63) is 29.8 Å². The topological polar surface area (TPSA) is 87.3 Å². The molecular formula is C13H19N3O3S2. The van der Waals surface area contributed by atoms with Crippen LogP contribution in [0.4, 0.5) is 0 Å². The van der Waals surface area contributed by atoms with Crippen molar-refractivity contribution >= 4 is 27.7 Å². The number of thioether (sulfide) groups is 1. The normalized spacial score (nSPS) is 18.6. The SMILES string of the molecule is CCNS(=O)(=O)c1ccc(CNC(=O)C2CSCN2)cc1. The fourth-order valence-corrected chi connectivity index (χ4v) is 3.92. The van der Waals surface area contributed by atoms with E-state index in [2.05, 4.69) is 15.4 Å². The summed E-state index contributed by atoms with van der Waals surface area (Å²) in [5, 5.41) is 5.94. The monoisotopic (exact) mass is 329 g/mol. The molecule has 1 atom stereocenters. The predicted octanol–water partition coefficient (Wildman–Crippen LogP) is 0.264. The van der Waals surface area contributed by atoms with E-state index in [9.17, 15) is 13.2 Å². The summed E-state index contributed by atoms with van der Waals surface area (Å²) in [7, 11) is -3.42. The Kier molecular flexibility index (Phi) is 5.63. The third-order valence-electron chi connectivity index (χ3n) is 3.07. The summed E-state index contributed by atoms with van der Waals surface area (Å²) < 4.78 is 26.0. The maximum Gasteiger partial charge on any atom is 0.240 e. The largest absolute Gasteiger partial charge is 0.351 e. The minimum Gasteiger partial charge on any atom is -0.351 e. The molecule has 0 aliphatic carbocycles. The Morgan fingerprint density at radius 2 is 2.10 bits per heavy atom. The molecular weight excluding hydrogens is 310 g/mol. The first-order valence-corrected chi connectivity index (χ1v) is 9.34. The van der Waals surface area contributed by atoms with Crippen LogP contribution in [0.1, 0.15) is 12.5 Å². The fourth-order valence-electron chi connectivity index (χ4n) is 1.94. The van der Waals surface area contributed by atoms with Crippen LogP contribution in [0.3, 0.4) is 0 Å². The first kappa shape index (κ1) is 16.3. The summed E-state index contributed by atoms with van der Waals surface area (Å²) in [4.78, 5) is 12.1. The van der Waals surface area contributed by atoms with Crippen molar-refractivity contribution in [1.82, 2.24) is 15.4 Å². The van der Waals surface area contributed by atoms with Crippen LogP contribution >= 0.6 is 11.8 Å². The highest BCUT2D eigenvalue weighted by Gasteiger charge is 2.21. The van der Waals surface area contributed by atoms with Crippen molar-refractivity contribution in [1.29, 1.82) is 0 Å². The van der Waals surface area contributed by atoms with Crippen molar-refractivity contribution < 1.29 is 13.2 Å². The van der Waals surface area contributed by atoms with Crippen LogP contribution in [0.2, 0.25) is 0 Å². The highest BCUT2D eigenvalue weighted by Crippen LogP contribution is 2.11. The number of benzene rings is 1. The molecule has 1 fully saturated rings. The molecule has 1 aliphatic heterocycles. The first-order valence-electron chi connectivity index (χ1n) is 6.70. The zero-order valence-electron chi connectivity index (χ0n) is 11.8. The number of carbonyl (C=O) groups is 1. The minimum absolute atomic E-state index is 0.0238. The summed E-state index contributed by atoms with van der Waals surface area (Å²) in [6.07, 6.45) is 0. The lowest BCUT2D eigenvalue weighted by atomic mass is 10.2. The molecule has 0 aromatic heterocycles. The number of hydrogen-bond donors (Lipinski definition) is 3. The Hall–Kier alpha value is -1.09. The van der Waals surface area contributed by atoms with E-state index >= 15 is 0 Å². The van der Waals surface area contributed by atoms with Gasteiger partial charge in [-0.3, -0.25) is 10.1 Å². The van der Waals surface area contributed by atoms with Gasteiger partial charge in [-0.1, -0.05) is 19.1 Å². The van der Waals surface area contributed by atoms with Gasteiger partial charge >= 0.3 is 0 Å². The lowest BCUT2D eigenvalue weighted by Gasteiger charge is -2.11. The van der Waals surface area contributed by atoms with Gasteiger partial charge in [-0.05, 0) is 17.7 Å². The maximum absolute atomic E-state index is 11.8. The van der Waals surface area contributed by atoms with Crippen LogP contribution in [0.15, 0.2) is 29.2 Å². The van der Waals surface area contributed by atoms with Gasteiger partial charge in [0, 0.05) is 24.7 Å². The average molecular weight is 329 g/mol. The molecule has 0 bridgehead atoms. The molecule has 1 unspecified atom stereocenters. The maximum atomic E-state index is 11.8. The highest BCUT2D eigenvalue weighted by atomic mass is 32.2. The second-order valence-electron chi connectivity index (χ2n) is 4.63. The third kappa shape index (κ3) is 4.44.